The van der Waals surface area contributed by atoms with Crippen molar-refractivity contribution in [1.82, 2.24) is 20.4 Å². The number of amides is 1. The third-order valence-electron chi connectivity index (χ3n) is 6.28. The zero-order valence-corrected chi connectivity index (χ0v) is 16.1. The van der Waals surface area contributed by atoms with Crippen molar-refractivity contribution in [3.05, 3.63) is 24.2 Å². The molecule has 28 heavy (non-hydrogen) atoms. The topological polar surface area (TPSA) is 84.2 Å². The van der Waals surface area contributed by atoms with Crippen molar-refractivity contribution >= 4 is 11.7 Å². The Morgan fingerprint density at radius 1 is 1.21 bits per heavy atom. The summed E-state index contributed by atoms with van der Waals surface area (Å²) in [7, 11) is 0. The van der Waals surface area contributed by atoms with Gasteiger partial charge in [-0.3, -0.25) is 4.79 Å². The maximum absolute atomic E-state index is 12.6. The summed E-state index contributed by atoms with van der Waals surface area (Å²) in [6.45, 7) is 2.41. The Morgan fingerprint density at radius 2 is 2.11 bits per heavy atom. The smallest absolute Gasteiger partial charge is 0.230 e. The lowest BCUT2D eigenvalue weighted by atomic mass is 9.85. The molecule has 148 valence electrons. The molecule has 0 spiro atoms. The molecule has 0 bridgehead atoms. The van der Waals surface area contributed by atoms with E-state index in [0.717, 1.165) is 56.0 Å². The van der Waals surface area contributed by atoms with Gasteiger partial charge >= 0.3 is 0 Å². The summed E-state index contributed by atoms with van der Waals surface area (Å²) in [6.07, 6.45) is 9.71. The van der Waals surface area contributed by atoms with E-state index < -0.39 is 0 Å². The SMILES string of the molecule is O=C(NCC1CC1)[C@H]1CCCN(c2ncccc2-c2noc(C3CCC3)n2)C1. The van der Waals surface area contributed by atoms with Crippen molar-refractivity contribution in [2.45, 2.75) is 50.9 Å². The number of hydrogen-bond acceptors (Lipinski definition) is 6. The molecule has 1 aliphatic heterocycles. The first-order valence-electron chi connectivity index (χ1n) is 10.6. The van der Waals surface area contributed by atoms with Gasteiger partial charge in [0.2, 0.25) is 17.6 Å². The molecule has 1 atom stereocenters. The number of carbonyl (C=O) groups excluding carboxylic acids is 1. The van der Waals surface area contributed by atoms with Crippen molar-refractivity contribution < 1.29 is 9.32 Å². The Labute approximate surface area is 164 Å². The largest absolute Gasteiger partial charge is 0.356 e. The lowest BCUT2D eigenvalue weighted by Gasteiger charge is -2.33. The Balaban J connectivity index is 1.32. The summed E-state index contributed by atoms with van der Waals surface area (Å²) < 4.78 is 5.51. The number of anilines is 1. The Kier molecular flexibility index (Phi) is 4.74. The molecule has 0 unspecified atom stereocenters. The second kappa shape index (κ2) is 7.53. The van der Waals surface area contributed by atoms with Crippen molar-refractivity contribution in [3.63, 3.8) is 0 Å². The van der Waals surface area contributed by atoms with Gasteiger partial charge in [-0.2, -0.15) is 4.98 Å². The average Bonchev–Trinajstić information content (AvgIpc) is 3.41. The fourth-order valence-corrected chi connectivity index (χ4v) is 4.08. The standard InChI is InChI=1S/C21H27N5O2/c27-20(23-12-14-8-9-14)16-6-3-11-26(13-16)19-17(7-2-10-22-19)18-24-21(28-25-18)15-4-1-5-15/h2,7,10,14-16H,1,3-6,8-9,11-13H2,(H,23,27)/t16-/m0/s1. The molecule has 2 aromatic rings. The van der Waals surface area contributed by atoms with Gasteiger partial charge < -0.3 is 14.7 Å². The van der Waals surface area contributed by atoms with Gasteiger partial charge in [0.05, 0.1) is 11.5 Å². The first-order valence-corrected chi connectivity index (χ1v) is 10.6. The Bertz CT molecular complexity index is 843. The van der Waals surface area contributed by atoms with Crippen LogP contribution >= 0.6 is 0 Å². The highest BCUT2D eigenvalue weighted by molar-refractivity contribution is 5.80. The number of carbonyl (C=O) groups is 1. The minimum atomic E-state index is 0.0122. The lowest BCUT2D eigenvalue weighted by Crippen LogP contribution is -2.44. The molecular weight excluding hydrogens is 354 g/mol. The second-order valence-corrected chi connectivity index (χ2v) is 8.43. The fraction of sp³-hybridized carbons (Fsp3) is 0.619. The summed E-state index contributed by atoms with van der Waals surface area (Å²) in [5.41, 5.74) is 0.885. The number of aromatic nitrogens is 3. The second-order valence-electron chi connectivity index (χ2n) is 8.43. The van der Waals surface area contributed by atoms with Gasteiger partial charge in [0.25, 0.3) is 0 Å². The van der Waals surface area contributed by atoms with Crippen molar-refractivity contribution in [3.8, 4) is 11.4 Å². The van der Waals surface area contributed by atoms with Gasteiger partial charge in [-0.1, -0.05) is 11.6 Å². The van der Waals surface area contributed by atoms with Crippen LogP contribution in [-0.2, 0) is 4.79 Å². The number of hydrogen-bond donors (Lipinski definition) is 1. The Hall–Kier alpha value is -2.44. The minimum Gasteiger partial charge on any atom is -0.356 e. The molecule has 2 aliphatic carbocycles. The van der Waals surface area contributed by atoms with Gasteiger partial charge in [0.1, 0.15) is 5.82 Å². The normalized spacial score (nSPS) is 22.7. The molecule has 1 N–H and O–H groups in total. The van der Waals surface area contributed by atoms with E-state index in [9.17, 15) is 4.79 Å². The van der Waals surface area contributed by atoms with E-state index >= 15 is 0 Å². The summed E-state index contributed by atoms with van der Waals surface area (Å²) in [5.74, 6) is 3.50. The first kappa shape index (κ1) is 17.6. The number of pyridine rings is 1. The van der Waals surface area contributed by atoms with E-state index in [4.69, 9.17) is 4.52 Å². The highest BCUT2D eigenvalue weighted by atomic mass is 16.5. The van der Waals surface area contributed by atoms with Crippen LogP contribution in [0.3, 0.4) is 0 Å². The van der Waals surface area contributed by atoms with E-state index in [-0.39, 0.29) is 11.8 Å². The zero-order chi connectivity index (χ0) is 18.9. The maximum Gasteiger partial charge on any atom is 0.230 e. The molecule has 2 saturated carbocycles. The van der Waals surface area contributed by atoms with Gasteiger partial charge in [-0.15, -0.1) is 0 Å². The predicted molar refractivity (Wildman–Crippen MR) is 105 cm³/mol. The van der Waals surface area contributed by atoms with E-state index in [1.807, 2.05) is 12.1 Å². The van der Waals surface area contributed by atoms with E-state index in [2.05, 4.69) is 25.3 Å². The molecule has 3 heterocycles. The van der Waals surface area contributed by atoms with Crippen LogP contribution in [0.4, 0.5) is 5.82 Å². The number of rotatable bonds is 6. The molecule has 1 amide bonds. The predicted octanol–water partition coefficient (Wildman–Crippen LogP) is 3.14. The van der Waals surface area contributed by atoms with Crippen LogP contribution in [0.5, 0.6) is 0 Å². The quantitative estimate of drug-likeness (QED) is 0.827. The third kappa shape index (κ3) is 3.62. The van der Waals surface area contributed by atoms with Gasteiger partial charge in [-0.05, 0) is 56.6 Å². The number of piperidine rings is 1. The highest BCUT2D eigenvalue weighted by Crippen LogP contribution is 2.37. The molecule has 1 saturated heterocycles. The molecule has 5 rings (SSSR count). The van der Waals surface area contributed by atoms with E-state index in [1.54, 1.807) is 6.20 Å². The maximum atomic E-state index is 12.6. The molecular formula is C21H27N5O2. The van der Waals surface area contributed by atoms with Crippen LogP contribution < -0.4 is 10.2 Å². The van der Waals surface area contributed by atoms with Crippen LogP contribution in [-0.4, -0.2) is 40.7 Å². The van der Waals surface area contributed by atoms with Gasteiger partial charge in [0.15, 0.2) is 0 Å². The highest BCUT2D eigenvalue weighted by Gasteiger charge is 2.31. The summed E-state index contributed by atoms with van der Waals surface area (Å²) in [5, 5.41) is 7.36. The lowest BCUT2D eigenvalue weighted by molar-refractivity contribution is -0.125. The van der Waals surface area contributed by atoms with Gasteiger partial charge in [-0.25, -0.2) is 4.98 Å². The van der Waals surface area contributed by atoms with Crippen LogP contribution in [0.15, 0.2) is 22.9 Å². The Morgan fingerprint density at radius 3 is 2.89 bits per heavy atom. The van der Waals surface area contributed by atoms with Crippen molar-refractivity contribution in [2.24, 2.45) is 11.8 Å². The molecule has 3 fully saturated rings. The number of nitrogens with zero attached hydrogens (tertiary/aromatic N) is 4. The van der Waals surface area contributed by atoms with Crippen LogP contribution in [0.2, 0.25) is 0 Å². The fourth-order valence-electron chi connectivity index (χ4n) is 4.08. The van der Waals surface area contributed by atoms with Crippen LogP contribution in [0.25, 0.3) is 11.4 Å². The molecule has 7 nitrogen and oxygen atoms in total. The molecule has 3 aliphatic rings. The minimum absolute atomic E-state index is 0.0122. The third-order valence-corrected chi connectivity index (χ3v) is 6.28. The summed E-state index contributed by atoms with van der Waals surface area (Å²) >= 11 is 0. The zero-order valence-electron chi connectivity index (χ0n) is 16.1. The van der Waals surface area contributed by atoms with E-state index in [0.29, 0.717) is 24.2 Å². The van der Waals surface area contributed by atoms with E-state index in [1.165, 1.54) is 19.3 Å². The summed E-state index contributed by atoms with van der Waals surface area (Å²) in [4.78, 5) is 24.1. The first-order chi connectivity index (χ1) is 13.8. The molecule has 2 aromatic heterocycles. The summed E-state index contributed by atoms with van der Waals surface area (Å²) in [6, 6.07) is 3.90. The van der Waals surface area contributed by atoms with Crippen LogP contribution in [0, 0.1) is 11.8 Å². The molecule has 7 heteroatoms. The van der Waals surface area contributed by atoms with Crippen molar-refractivity contribution in [1.29, 1.82) is 0 Å². The average molecular weight is 381 g/mol. The van der Waals surface area contributed by atoms with Gasteiger partial charge in [0, 0.05) is 31.7 Å². The molecule has 0 aromatic carbocycles. The molecule has 0 radical (unpaired) electrons. The number of nitrogens with one attached hydrogen (secondary N) is 1. The van der Waals surface area contributed by atoms with Crippen LogP contribution in [0.1, 0.15) is 56.8 Å². The monoisotopic (exact) mass is 381 g/mol. The van der Waals surface area contributed by atoms with Crippen molar-refractivity contribution in [2.75, 3.05) is 24.5 Å².